The first-order chi connectivity index (χ1) is 9.85. The summed E-state index contributed by atoms with van der Waals surface area (Å²) in [6.07, 6.45) is 1.70. The minimum absolute atomic E-state index is 0.0213. The fourth-order valence-electron chi connectivity index (χ4n) is 2.69. The van der Waals surface area contributed by atoms with Crippen molar-refractivity contribution >= 4 is 10.0 Å². The second-order valence-corrected chi connectivity index (χ2v) is 7.40. The highest BCUT2D eigenvalue weighted by Gasteiger charge is 2.25. The SMILES string of the molecule is COc1ccc(S(=O)(=O)NC2CCN(C)CC2)c(C)c1C. The molecule has 1 heterocycles. The highest BCUT2D eigenvalue weighted by atomic mass is 32.2. The van der Waals surface area contributed by atoms with Crippen LogP contribution in [0.1, 0.15) is 24.0 Å². The van der Waals surface area contributed by atoms with Gasteiger partial charge < -0.3 is 9.64 Å². The number of likely N-dealkylation sites (tertiary alicyclic amines) is 1. The molecule has 118 valence electrons. The first kappa shape index (κ1) is 16.3. The van der Waals surface area contributed by atoms with E-state index in [0.717, 1.165) is 37.1 Å². The molecule has 0 amide bonds. The Bertz CT molecular complexity index is 606. The van der Waals surface area contributed by atoms with Gasteiger partial charge in [0.25, 0.3) is 0 Å². The molecule has 0 radical (unpaired) electrons. The first-order valence-electron chi connectivity index (χ1n) is 7.20. The van der Waals surface area contributed by atoms with Crippen molar-refractivity contribution in [3.63, 3.8) is 0 Å². The van der Waals surface area contributed by atoms with Crippen molar-refractivity contribution < 1.29 is 13.2 Å². The molecule has 2 rings (SSSR count). The van der Waals surface area contributed by atoms with Crippen molar-refractivity contribution in [1.82, 2.24) is 9.62 Å². The number of nitrogens with one attached hydrogen (secondary N) is 1. The van der Waals surface area contributed by atoms with Crippen LogP contribution < -0.4 is 9.46 Å². The maximum Gasteiger partial charge on any atom is 0.241 e. The lowest BCUT2D eigenvalue weighted by molar-refractivity contribution is 0.248. The van der Waals surface area contributed by atoms with E-state index in [1.807, 2.05) is 13.8 Å². The zero-order valence-electron chi connectivity index (χ0n) is 13.1. The molecule has 0 atom stereocenters. The normalized spacial score (nSPS) is 17.9. The molecular weight excluding hydrogens is 288 g/mol. The van der Waals surface area contributed by atoms with Crippen LogP contribution in [0.15, 0.2) is 17.0 Å². The van der Waals surface area contributed by atoms with Gasteiger partial charge in [-0.1, -0.05) is 0 Å². The largest absolute Gasteiger partial charge is 0.496 e. The molecule has 21 heavy (non-hydrogen) atoms. The van der Waals surface area contributed by atoms with Gasteiger partial charge in [0, 0.05) is 6.04 Å². The lowest BCUT2D eigenvalue weighted by Crippen LogP contribution is -2.43. The molecule has 1 aromatic rings. The number of sulfonamides is 1. The maximum absolute atomic E-state index is 12.6. The summed E-state index contributed by atoms with van der Waals surface area (Å²) in [5, 5.41) is 0. The van der Waals surface area contributed by atoms with Crippen LogP contribution >= 0.6 is 0 Å². The monoisotopic (exact) mass is 312 g/mol. The lowest BCUT2D eigenvalue weighted by Gasteiger charge is -2.29. The number of benzene rings is 1. The summed E-state index contributed by atoms with van der Waals surface area (Å²) < 4.78 is 33.3. The van der Waals surface area contributed by atoms with Gasteiger partial charge in [-0.15, -0.1) is 0 Å². The molecule has 0 unspecified atom stereocenters. The van der Waals surface area contributed by atoms with Gasteiger partial charge in [-0.2, -0.15) is 0 Å². The molecule has 1 aliphatic heterocycles. The number of hydrogen-bond acceptors (Lipinski definition) is 4. The molecule has 0 aliphatic carbocycles. The topological polar surface area (TPSA) is 58.6 Å². The quantitative estimate of drug-likeness (QED) is 0.919. The minimum atomic E-state index is -3.48. The average molecular weight is 312 g/mol. The lowest BCUT2D eigenvalue weighted by atomic mass is 10.1. The van der Waals surface area contributed by atoms with Gasteiger partial charge in [-0.05, 0) is 70.1 Å². The summed E-state index contributed by atoms with van der Waals surface area (Å²) >= 11 is 0. The van der Waals surface area contributed by atoms with Crippen molar-refractivity contribution in [2.75, 3.05) is 27.2 Å². The van der Waals surface area contributed by atoms with Gasteiger partial charge >= 0.3 is 0 Å². The Labute approximate surface area is 127 Å². The van der Waals surface area contributed by atoms with Crippen LogP contribution in [-0.2, 0) is 10.0 Å². The van der Waals surface area contributed by atoms with Crippen molar-refractivity contribution in [1.29, 1.82) is 0 Å². The molecule has 6 heteroatoms. The van der Waals surface area contributed by atoms with Gasteiger partial charge in [0.1, 0.15) is 5.75 Å². The third-order valence-corrected chi connectivity index (χ3v) is 5.90. The smallest absolute Gasteiger partial charge is 0.241 e. The Morgan fingerprint density at radius 2 is 1.81 bits per heavy atom. The van der Waals surface area contributed by atoms with Crippen LogP contribution in [0.2, 0.25) is 0 Å². The Balaban J connectivity index is 2.22. The predicted octanol–water partition coefficient (Wildman–Crippen LogP) is 1.68. The van der Waals surface area contributed by atoms with Gasteiger partial charge in [0.2, 0.25) is 10.0 Å². The van der Waals surface area contributed by atoms with E-state index in [0.29, 0.717) is 10.6 Å². The van der Waals surface area contributed by atoms with E-state index in [-0.39, 0.29) is 6.04 Å². The maximum atomic E-state index is 12.6. The van der Waals surface area contributed by atoms with Crippen LogP contribution in [0.25, 0.3) is 0 Å². The van der Waals surface area contributed by atoms with Gasteiger partial charge in [0.15, 0.2) is 0 Å². The number of methoxy groups -OCH3 is 1. The van der Waals surface area contributed by atoms with Crippen LogP contribution in [0.4, 0.5) is 0 Å². The molecule has 0 bridgehead atoms. The van der Waals surface area contributed by atoms with Crippen molar-refractivity contribution in [3.05, 3.63) is 23.3 Å². The molecule has 0 saturated carbocycles. The number of nitrogens with zero attached hydrogens (tertiary/aromatic N) is 1. The van der Waals surface area contributed by atoms with Crippen LogP contribution in [-0.4, -0.2) is 46.6 Å². The van der Waals surface area contributed by atoms with Gasteiger partial charge in [0.05, 0.1) is 12.0 Å². The summed E-state index contributed by atoms with van der Waals surface area (Å²) in [5.41, 5.74) is 1.61. The second kappa shape index (κ2) is 6.34. The summed E-state index contributed by atoms with van der Waals surface area (Å²) in [4.78, 5) is 2.56. The first-order valence-corrected chi connectivity index (χ1v) is 8.68. The predicted molar refractivity (Wildman–Crippen MR) is 83.3 cm³/mol. The third kappa shape index (κ3) is 3.56. The van der Waals surface area contributed by atoms with E-state index in [9.17, 15) is 8.42 Å². The number of piperidine rings is 1. The minimum Gasteiger partial charge on any atom is -0.496 e. The summed E-state index contributed by atoms with van der Waals surface area (Å²) in [5.74, 6) is 0.714. The fraction of sp³-hybridized carbons (Fsp3) is 0.600. The summed E-state index contributed by atoms with van der Waals surface area (Å²) in [7, 11) is 0.168. The molecule has 1 fully saturated rings. The number of hydrogen-bond donors (Lipinski definition) is 1. The molecular formula is C15H24N2O3S. The highest BCUT2D eigenvalue weighted by Crippen LogP contribution is 2.27. The Morgan fingerprint density at radius 3 is 2.38 bits per heavy atom. The summed E-state index contributed by atoms with van der Waals surface area (Å²) in [6, 6.07) is 3.36. The zero-order chi connectivity index (χ0) is 15.6. The van der Waals surface area contributed by atoms with E-state index in [1.165, 1.54) is 0 Å². The average Bonchev–Trinajstić information content (AvgIpc) is 2.44. The van der Waals surface area contributed by atoms with Crippen LogP contribution in [0.5, 0.6) is 5.75 Å². The number of ether oxygens (including phenoxy) is 1. The van der Waals surface area contributed by atoms with E-state index in [2.05, 4.69) is 16.7 Å². The highest BCUT2D eigenvalue weighted by molar-refractivity contribution is 7.89. The molecule has 0 spiro atoms. The van der Waals surface area contributed by atoms with E-state index in [4.69, 9.17) is 4.74 Å². The van der Waals surface area contributed by atoms with E-state index < -0.39 is 10.0 Å². The Kier molecular flexibility index (Phi) is 4.91. The second-order valence-electron chi connectivity index (χ2n) is 5.71. The molecule has 1 aromatic carbocycles. The zero-order valence-corrected chi connectivity index (χ0v) is 14.0. The van der Waals surface area contributed by atoms with Crippen molar-refractivity contribution in [3.8, 4) is 5.75 Å². The fourth-order valence-corrected chi connectivity index (χ4v) is 4.30. The van der Waals surface area contributed by atoms with Crippen molar-refractivity contribution in [2.24, 2.45) is 0 Å². The van der Waals surface area contributed by atoms with E-state index in [1.54, 1.807) is 19.2 Å². The third-order valence-electron chi connectivity index (χ3n) is 4.24. The van der Waals surface area contributed by atoms with Crippen molar-refractivity contribution in [2.45, 2.75) is 37.6 Å². The Morgan fingerprint density at radius 1 is 1.19 bits per heavy atom. The van der Waals surface area contributed by atoms with Crippen LogP contribution in [0.3, 0.4) is 0 Å². The Hall–Kier alpha value is -1.11. The molecule has 0 aromatic heterocycles. The van der Waals surface area contributed by atoms with E-state index >= 15 is 0 Å². The standard InChI is InChI=1S/C15H24N2O3S/c1-11-12(2)15(6-5-14(11)20-4)21(18,19)16-13-7-9-17(3)10-8-13/h5-6,13,16H,7-10H2,1-4H3. The van der Waals surface area contributed by atoms with Crippen LogP contribution in [0, 0.1) is 13.8 Å². The molecule has 1 aliphatic rings. The summed E-state index contributed by atoms with van der Waals surface area (Å²) in [6.45, 7) is 5.55. The molecule has 5 nitrogen and oxygen atoms in total. The number of rotatable bonds is 4. The molecule has 1 saturated heterocycles. The molecule has 1 N–H and O–H groups in total. The van der Waals surface area contributed by atoms with Gasteiger partial charge in [-0.25, -0.2) is 13.1 Å². The van der Waals surface area contributed by atoms with Gasteiger partial charge in [-0.3, -0.25) is 0 Å².